The summed E-state index contributed by atoms with van der Waals surface area (Å²) in [5.74, 6) is 1.92. The lowest BCUT2D eigenvalue weighted by Gasteiger charge is -2.12. The van der Waals surface area contributed by atoms with E-state index >= 15 is 0 Å². The Morgan fingerprint density at radius 3 is 2.74 bits per heavy atom. The van der Waals surface area contributed by atoms with Crippen molar-refractivity contribution in [1.82, 2.24) is 9.97 Å². The van der Waals surface area contributed by atoms with E-state index in [1.807, 2.05) is 18.2 Å². The van der Waals surface area contributed by atoms with Gasteiger partial charge in [-0.15, -0.1) is 0 Å². The summed E-state index contributed by atoms with van der Waals surface area (Å²) in [6, 6.07) is 5.77. The zero-order valence-corrected chi connectivity index (χ0v) is 12.3. The highest BCUT2D eigenvalue weighted by Gasteiger charge is 2.12. The fourth-order valence-electron chi connectivity index (χ4n) is 1.56. The number of benzene rings is 1. The van der Waals surface area contributed by atoms with Crippen molar-refractivity contribution in [3.63, 3.8) is 0 Å². The van der Waals surface area contributed by atoms with Crippen LogP contribution >= 0.6 is 15.9 Å². The molecule has 1 aromatic carbocycles. The van der Waals surface area contributed by atoms with Crippen LogP contribution in [0.3, 0.4) is 0 Å². The molecule has 5 nitrogen and oxygen atoms in total. The van der Waals surface area contributed by atoms with Gasteiger partial charge in [0.2, 0.25) is 5.88 Å². The average Bonchev–Trinajstić information content (AvgIpc) is 2.44. The number of aromatic nitrogens is 2. The predicted molar refractivity (Wildman–Crippen MR) is 76.6 cm³/mol. The van der Waals surface area contributed by atoms with Crippen LogP contribution in [0, 0.1) is 0 Å². The number of aryl methyl sites for hydroxylation is 1. The molecule has 1 aromatic heterocycles. The number of ether oxygens (including phenoxy) is 2. The first-order valence-electron chi connectivity index (χ1n) is 5.76. The first-order valence-corrected chi connectivity index (χ1v) is 6.55. The summed E-state index contributed by atoms with van der Waals surface area (Å²) in [4.78, 5) is 7.90. The molecule has 19 heavy (non-hydrogen) atoms. The number of nitrogen functional groups attached to an aromatic ring is 1. The Bertz CT molecular complexity index is 590. The smallest absolute Gasteiger partial charge is 0.239 e. The van der Waals surface area contributed by atoms with E-state index in [-0.39, 0.29) is 0 Å². The topological polar surface area (TPSA) is 70.3 Å². The third-order valence-corrected chi connectivity index (χ3v) is 3.37. The van der Waals surface area contributed by atoms with Crippen LogP contribution in [-0.2, 0) is 6.42 Å². The lowest BCUT2D eigenvalue weighted by Crippen LogP contribution is -1.98. The van der Waals surface area contributed by atoms with E-state index in [2.05, 4.69) is 32.8 Å². The van der Waals surface area contributed by atoms with Gasteiger partial charge >= 0.3 is 0 Å². The van der Waals surface area contributed by atoms with Gasteiger partial charge in [-0.25, -0.2) is 9.97 Å². The Morgan fingerprint density at radius 2 is 2.05 bits per heavy atom. The van der Waals surface area contributed by atoms with Crippen molar-refractivity contribution in [1.29, 1.82) is 0 Å². The van der Waals surface area contributed by atoms with E-state index < -0.39 is 0 Å². The number of hydrogen-bond acceptors (Lipinski definition) is 5. The maximum atomic E-state index is 5.71. The quantitative estimate of drug-likeness (QED) is 0.935. The highest BCUT2D eigenvalue weighted by molar-refractivity contribution is 9.10. The van der Waals surface area contributed by atoms with Crippen molar-refractivity contribution in [3.05, 3.63) is 34.6 Å². The molecular formula is C13H14BrN3O2. The Kier molecular flexibility index (Phi) is 4.21. The summed E-state index contributed by atoms with van der Waals surface area (Å²) in [5, 5.41) is 0. The zero-order valence-electron chi connectivity index (χ0n) is 10.7. The molecule has 0 amide bonds. The molecule has 2 N–H and O–H groups in total. The summed E-state index contributed by atoms with van der Waals surface area (Å²) in [6.45, 7) is 2.08. The van der Waals surface area contributed by atoms with Gasteiger partial charge in [-0.05, 0) is 40.0 Å². The first kappa shape index (κ1) is 13.6. The monoisotopic (exact) mass is 323 g/mol. The summed E-state index contributed by atoms with van der Waals surface area (Å²) in [7, 11) is 1.60. The molecule has 0 bridgehead atoms. The van der Waals surface area contributed by atoms with Crippen molar-refractivity contribution < 1.29 is 9.47 Å². The molecule has 0 saturated carbocycles. The van der Waals surface area contributed by atoms with Gasteiger partial charge in [0.05, 0.1) is 7.11 Å². The highest BCUT2D eigenvalue weighted by atomic mass is 79.9. The van der Waals surface area contributed by atoms with Crippen LogP contribution in [0.2, 0.25) is 0 Å². The van der Waals surface area contributed by atoms with Crippen molar-refractivity contribution >= 4 is 21.7 Å². The molecular weight excluding hydrogens is 310 g/mol. The van der Waals surface area contributed by atoms with E-state index in [1.54, 1.807) is 7.11 Å². The number of nitrogens with zero attached hydrogens (tertiary/aromatic N) is 2. The van der Waals surface area contributed by atoms with Crippen molar-refractivity contribution in [2.45, 2.75) is 13.3 Å². The van der Waals surface area contributed by atoms with Gasteiger partial charge in [-0.2, -0.15) is 0 Å². The third kappa shape index (κ3) is 2.96. The molecule has 0 fully saturated rings. The molecule has 0 spiro atoms. The van der Waals surface area contributed by atoms with Crippen LogP contribution in [0.5, 0.6) is 17.4 Å². The first-order chi connectivity index (χ1) is 9.15. The maximum absolute atomic E-state index is 5.71. The van der Waals surface area contributed by atoms with E-state index in [4.69, 9.17) is 15.2 Å². The van der Waals surface area contributed by atoms with Gasteiger partial charge in [-0.3, -0.25) is 0 Å². The molecule has 0 unspecified atom stereocenters. The summed E-state index contributed by atoms with van der Waals surface area (Å²) in [6.07, 6.45) is 2.28. The van der Waals surface area contributed by atoms with Crippen molar-refractivity contribution in [2.75, 3.05) is 12.8 Å². The van der Waals surface area contributed by atoms with Gasteiger partial charge in [0, 0.05) is 0 Å². The maximum Gasteiger partial charge on any atom is 0.239 e. The Hall–Kier alpha value is -1.82. The number of methoxy groups -OCH3 is 1. The predicted octanol–water partition coefficient (Wildman–Crippen LogP) is 3.18. The number of halogens is 1. The van der Waals surface area contributed by atoms with Gasteiger partial charge < -0.3 is 15.2 Å². The second kappa shape index (κ2) is 5.88. The van der Waals surface area contributed by atoms with Gasteiger partial charge in [0.25, 0.3) is 0 Å². The van der Waals surface area contributed by atoms with Crippen LogP contribution in [0.25, 0.3) is 0 Å². The molecule has 1 heterocycles. The van der Waals surface area contributed by atoms with Crippen LogP contribution in [0.15, 0.2) is 29.0 Å². The normalized spacial score (nSPS) is 10.3. The molecule has 0 aliphatic carbocycles. The highest BCUT2D eigenvalue weighted by Crippen LogP contribution is 2.35. The Labute approximate surface area is 119 Å². The SMILES string of the molecule is CCc1ccc(Oc2ncnc(N)c2Br)c(OC)c1. The third-order valence-electron chi connectivity index (χ3n) is 2.63. The van der Waals surface area contributed by atoms with Crippen LogP contribution < -0.4 is 15.2 Å². The van der Waals surface area contributed by atoms with Crippen LogP contribution in [0.1, 0.15) is 12.5 Å². The van der Waals surface area contributed by atoms with Crippen molar-refractivity contribution in [3.8, 4) is 17.4 Å². The van der Waals surface area contributed by atoms with E-state index in [0.29, 0.717) is 27.7 Å². The molecule has 0 atom stereocenters. The van der Waals surface area contributed by atoms with E-state index in [9.17, 15) is 0 Å². The average molecular weight is 324 g/mol. The van der Waals surface area contributed by atoms with Gasteiger partial charge in [0.15, 0.2) is 11.5 Å². The summed E-state index contributed by atoms with van der Waals surface area (Å²) in [5.41, 5.74) is 6.85. The standard InChI is InChI=1S/C13H14BrN3O2/c1-3-8-4-5-9(10(6-8)18-2)19-13-11(14)12(15)16-7-17-13/h4-7H,3H2,1-2H3,(H2,15,16,17). The second-order valence-corrected chi connectivity index (χ2v) is 4.61. The molecule has 0 radical (unpaired) electrons. The summed E-state index contributed by atoms with van der Waals surface area (Å²) >= 11 is 3.30. The molecule has 100 valence electrons. The fourth-order valence-corrected chi connectivity index (χ4v) is 1.84. The molecule has 0 saturated heterocycles. The van der Waals surface area contributed by atoms with Crippen molar-refractivity contribution in [2.24, 2.45) is 0 Å². The molecule has 0 aliphatic rings. The Balaban J connectivity index is 2.35. The largest absolute Gasteiger partial charge is 0.493 e. The lowest BCUT2D eigenvalue weighted by atomic mass is 10.1. The van der Waals surface area contributed by atoms with Gasteiger partial charge in [0.1, 0.15) is 16.6 Å². The minimum atomic E-state index is 0.328. The number of nitrogens with two attached hydrogens (primary N) is 1. The van der Waals surface area contributed by atoms with Crippen LogP contribution in [0.4, 0.5) is 5.82 Å². The number of hydrogen-bond donors (Lipinski definition) is 1. The number of anilines is 1. The zero-order chi connectivity index (χ0) is 13.8. The van der Waals surface area contributed by atoms with Gasteiger partial charge in [-0.1, -0.05) is 13.0 Å². The van der Waals surface area contributed by atoms with E-state index in [0.717, 1.165) is 6.42 Å². The molecule has 2 aromatic rings. The molecule has 0 aliphatic heterocycles. The molecule has 2 rings (SSSR count). The van der Waals surface area contributed by atoms with Crippen LogP contribution in [-0.4, -0.2) is 17.1 Å². The van der Waals surface area contributed by atoms with E-state index in [1.165, 1.54) is 11.9 Å². The lowest BCUT2D eigenvalue weighted by molar-refractivity contribution is 0.372. The minimum absolute atomic E-state index is 0.328. The Morgan fingerprint density at radius 1 is 1.26 bits per heavy atom. The summed E-state index contributed by atoms with van der Waals surface area (Å²) < 4.78 is 11.5. The fraction of sp³-hybridized carbons (Fsp3) is 0.231. The number of rotatable bonds is 4. The minimum Gasteiger partial charge on any atom is -0.493 e. The second-order valence-electron chi connectivity index (χ2n) is 3.82. The molecule has 6 heteroatoms.